The smallest absolute Gasteiger partial charge is 0.251 e. The van der Waals surface area contributed by atoms with Gasteiger partial charge in [-0.15, -0.1) is 11.3 Å². The third-order valence-corrected chi connectivity index (χ3v) is 6.09. The average molecular weight is 407 g/mol. The summed E-state index contributed by atoms with van der Waals surface area (Å²) in [5.74, 6) is 0.932. The molecule has 2 aromatic rings. The highest BCUT2D eigenvalue weighted by atomic mass is 35.5. The molecule has 1 N–H and O–H groups in total. The summed E-state index contributed by atoms with van der Waals surface area (Å²) in [6.45, 7) is 2.21. The highest BCUT2D eigenvalue weighted by Gasteiger charge is 2.25. The fourth-order valence-corrected chi connectivity index (χ4v) is 5.07. The summed E-state index contributed by atoms with van der Waals surface area (Å²) in [4.78, 5) is 5.80. The number of nitrogens with zero attached hydrogens (tertiary/aromatic N) is 1. The van der Waals surface area contributed by atoms with Crippen LogP contribution in [0.1, 0.15) is 48.1 Å². The minimum Gasteiger partial charge on any atom is -0.455 e. The van der Waals surface area contributed by atoms with Crippen LogP contribution in [-0.2, 0) is 12.8 Å². The second-order valence-corrected chi connectivity index (χ2v) is 8.35. The third-order valence-electron chi connectivity index (χ3n) is 4.16. The van der Waals surface area contributed by atoms with Gasteiger partial charge in [-0.05, 0) is 37.3 Å². The fraction of sp³-hybridized carbons (Fsp3) is 0.471. The van der Waals surface area contributed by atoms with E-state index in [-0.39, 0.29) is 15.8 Å². The lowest BCUT2D eigenvalue weighted by Gasteiger charge is -2.20. The largest absolute Gasteiger partial charge is 0.455 e. The molecule has 0 saturated carbocycles. The Balaban J connectivity index is 1.76. The molecule has 1 heterocycles. The monoisotopic (exact) mass is 405 g/mol. The van der Waals surface area contributed by atoms with Crippen molar-refractivity contribution in [2.75, 3.05) is 0 Å². The molecular weight excluding hydrogens is 389 g/mol. The SMILES string of the molecule is CCCC1CCc2nc(C(O)Oc3c(Cl)cc(Cl)cc3Cl)sc2C1. The Bertz CT molecular complexity index is 712. The second kappa shape index (κ2) is 7.79. The van der Waals surface area contributed by atoms with Crippen LogP contribution in [0.3, 0.4) is 0 Å². The Hall–Kier alpha value is -0.520. The summed E-state index contributed by atoms with van der Waals surface area (Å²) in [7, 11) is 0. The van der Waals surface area contributed by atoms with Crippen LogP contribution < -0.4 is 4.74 Å². The van der Waals surface area contributed by atoms with Gasteiger partial charge in [0.05, 0.1) is 15.7 Å². The van der Waals surface area contributed by atoms with Gasteiger partial charge in [0.25, 0.3) is 6.29 Å². The number of ether oxygens (including phenoxy) is 1. The number of aliphatic hydroxyl groups excluding tert-OH is 1. The number of benzene rings is 1. The molecule has 3 rings (SSSR count). The first-order chi connectivity index (χ1) is 11.5. The van der Waals surface area contributed by atoms with Crippen LogP contribution in [0.25, 0.3) is 0 Å². The van der Waals surface area contributed by atoms with Crippen molar-refractivity contribution >= 4 is 46.1 Å². The molecule has 2 atom stereocenters. The number of thiazole rings is 1. The molecule has 7 heteroatoms. The molecule has 0 saturated heterocycles. The van der Waals surface area contributed by atoms with E-state index in [2.05, 4.69) is 11.9 Å². The van der Waals surface area contributed by atoms with Crippen molar-refractivity contribution in [3.63, 3.8) is 0 Å². The molecule has 1 aromatic heterocycles. The average Bonchev–Trinajstić information content (AvgIpc) is 2.94. The van der Waals surface area contributed by atoms with Crippen molar-refractivity contribution in [2.24, 2.45) is 5.92 Å². The number of hydrogen-bond acceptors (Lipinski definition) is 4. The Labute approximate surface area is 160 Å². The van der Waals surface area contributed by atoms with Gasteiger partial charge >= 0.3 is 0 Å². The predicted molar refractivity (Wildman–Crippen MR) is 99.6 cm³/mol. The van der Waals surface area contributed by atoms with E-state index in [1.807, 2.05) is 0 Å². The summed E-state index contributed by atoms with van der Waals surface area (Å²) in [5, 5.41) is 11.9. The van der Waals surface area contributed by atoms with Crippen LogP contribution in [0.4, 0.5) is 0 Å². The Morgan fingerprint density at radius 1 is 1.33 bits per heavy atom. The second-order valence-electron chi connectivity index (χ2n) is 5.99. The van der Waals surface area contributed by atoms with Gasteiger partial charge < -0.3 is 9.84 Å². The van der Waals surface area contributed by atoms with Gasteiger partial charge in [0.2, 0.25) is 0 Å². The van der Waals surface area contributed by atoms with E-state index in [0.29, 0.717) is 15.9 Å². The molecule has 24 heavy (non-hydrogen) atoms. The van der Waals surface area contributed by atoms with Crippen molar-refractivity contribution in [1.82, 2.24) is 4.98 Å². The van der Waals surface area contributed by atoms with Gasteiger partial charge in [0.15, 0.2) is 10.8 Å². The van der Waals surface area contributed by atoms with E-state index in [1.165, 1.54) is 41.2 Å². The molecule has 1 aliphatic rings. The molecule has 0 amide bonds. The van der Waals surface area contributed by atoms with Crippen molar-refractivity contribution < 1.29 is 9.84 Å². The fourth-order valence-electron chi connectivity index (χ4n) is 3.03. The molecule has 1 aromatic carbocycles. The zero-order valence-corrected chi connectivity index (χ0v) is 16.3. The van der Waals surface area contributed by atoms with E-state index >= 15 is 0 Å². The molecule has 0 fully saturated rings. The maximum atomic E-state index is 10.4. The van der Waals surface area contributed by atoms with Crippen LogP contribution in [-0.4, -0.2) is 10.1 Å². The lowest BCUT2D eigenvalue weighted by atomic mass is 9.88. The Morgan fingerprint density at radius 2 is 2.04 bits per heavy atom. The van der Waals surface area contributed by atoms with Crippen LogP contribution >= 0.6 is 46.1 Å². The number of hydrogen-bond donors (Lipinski definition) is 1. The van der Waals surface area contributed by atoms with Crippen molar-refractivity contribution in [1.29, 1.82) is 0 Å². The van der Waals surface area contributed by atoms with Crippen molar-refractivity contribution in [3.8, 4) is 5.75 Å². The molecule has 2 unspecified atom stereocenters. The highest BCUT2D eigenvalue weighted by molar-refractivity contribution is 7.11. The quantitative estimate of drug-likeness (QED) is 0.612. The first-order valence-corrected chi connectivity index (χ1v) is 9.90. The van der Waals surface area contributed by atoms with Crippen molar-refractivity contribution in [2.45, 2.75) is 45.3 Å². The molecule has 0 aliphatic heterocycles. The Morgan fingerprint density at radius 3 is 2.71 bits per heavy atom. The van der Waals surface area contributed by atoms with E-state index in [9.17, 15) is 5.11 Å². The lowest BCUT2D eigenvalue weighted by molar-refractivity contribution is -0.0195. The number of rotatable bonds is 5. The summed E-state index contributed by atoms with van der Waals surface area (Å²) in [6, 6.07) is 3.05. The molecule has 130 valence electrons. The van der Waals surface area contributed by atoms with Crippen molar-refractivity contribution in [3.05, 3.63) is 42.8 Å². The van der Waals surface area contributed by atoms with E-state index in [1.54, 1.807) is 0 Å². The highest BCUT2D eigenvalue weighted by Crippen LogP contribution is 2.39. The molecule has 0 bridgehead atoms. The van der Waals surface area contributed by atoms with Gasteiger partial charge in [-0.2, -0.15) is 0 Å². The maximum absolute atomic E-state index is 10.4. The van der Waals surface area contributed by atoms with Gasteiger partial charge in [0, 0.05) is 9.90 Å². The van der Waals surface area contributed by atoms with Gasteiger partial charge in [0.1, 0.15) is 0 Å². The number of aliphatic hydroxyl groups is 1. The van der Waals surface area contributed by atoms with Crippen LogP contribution in [0.15, 0.2) is 12.1 Å². The summed E-state index contributed by atoms with van der Waals surface area (Å²) in [5.41, 5.74) is 1.08. The number of aryl methyl sites for hydroxylation is 1. The zero-order valence-electron chi connectivity index (χ0n) is 13.2. The number of fused-ring (bicyclic) bond motifs is 1. The summed E-state index contributed by atoms with van der Waals surface area (Å²) in [6.07, 6.45) is 4.41. The minimum absolute atomic E-state index is 0.215. The zero-order chi connectivity index (χ0) is 17.3. The topological polar surface area (TPSA) is 42.4 Å². The number of aromatic nitrogens is 1. The standard InChI is InChI=1S/C17H18Cl3NO2S/c1-2-3-9-4-5-13-14(6-9)24-16(21-13)17(22)23-15-11(19)7-10(18)8-12(15)20/h7-9,17,22H,2-6H2,1H3. The third kappa shape index (κ3) is 4.00. The van der Waals surface area contributed by atoms with Crippen LogP contribution in [0, 0.1) is 5.92 Å². The van der Waals surface area contributed by atoms with Gasteiger partial charge in [-0.1, -0.05) is 54.6 Å². The summed E-state index contributed by atoms with van der Waals surface area (Å²) >= 11 is 19.6. The summed E-state index contributed by atoms with van der Waals surface area (Å²) < 4.78 is 5.55. The van der Waals surface area contributed by atoms with Crippen LogP contribution in [0.2, 0.25) is 15.1 Å². The van der Waals surface area contributed by atoms with Gasteiger partial charge in [-0.3, -0.25) is 0 Å². The predicted octanol–water partition coefficient (Wildman–Crippen LogP) is 6.08. The van der Waals surface area contributed by atoms with Crippen LogP contribution in [0.5, 0.6) is 5.75 Å². The molecule has 1 aliphatic carbocycles. The first kappa shape index (κ1) is 18.3. The first-order valence-electron chi connectivity index (χ1n) is 7.95. The maximum Gasteiger partial charge on any atom is 0.251 e. The van der Waals surface area contributed by atoms with E-state index < -0.39 is 6.29 Å². The normalized spacial score (nSPS) is 18.3. The van der Waals surface area contributed by atoms with E-state index in [4.69, 9.17) is 39.5 Å². The van der Waals surface area contributed by atoms with E-state index in [0.717, 1.165) is 25.0 Å². The molecule has 3 nitrogen and oxygen atoms in total. The van der Waals surface area contributed by atoms with Gasteiger partial charge in [-0.25, -0.2) is 4.98 Å². The number of halogens is 3. The molecule has 0 spiro atoms. The molecule has 0 radical (unpaired) electrons. The molecular formula is C17H18Cl3NO2S. The Kier molecular flexibility index (Phi) is 5.94. The minimum atomic E-state index is -1.19. The lowest BCUT2D eigenvalue weighted by Crippen LogP contribution is -2.12.